The minimum absolute atomic E-state index is 0. The molecule has 0 atom stereocenters. The molecule has 204 valence electrons. The van der Waals surface area contributed by atoms with Crippen LogP contribution in [-0.2, 0) is 13.0 Å². The molecule has 0 bridgehead atoms. The molecule has 0 saturated carbocycles. The molecule has 4 rings (SSSR count). The van der Waals surface area contributed by atoms with Gasteiger partial charge in [0, 0.05) is 38.8 Å². The second-order valence-electron chi connectivity index (χ2n) is 9.80. The molecule has 0 radical (unpaired) electrons. The molecule has 39 heavy (non-hydrogen) atoms. The SMILES string of the molecule is [CH2-]CN(C[CH2-])Cc1ccc(CCC)c(-c2ccc(N3CCN(C)CC3)c(NC(=O)c3ccc(=O)[nH]n3)c2)c1.[U+2]. The number of carbonyl (C=O) groups excluding carboxylic acids is 1. The van der Waals surface area contributed by atoms with Crippen LogP contribution in [0.2, 0.25) is 0 Å². The molecule has 1 fully saturated rings. The second kappa shape index (κ2) is 14.8. The van der Waals surface area contributed by atoms with Gasteiger partial charge >= 0.3 is 31.1 Å². The Morgan fingerprint density at radius 3 is 2.44 bits per heavy atom. The van der Waals surface area contributed by atoms with Gasteiger partial charge < -0.3 is 33.9 Å². The van der Waals surface area contributed by atoms with E-state index in [0.29, 0.717) is 13.1 Å². The molecule has 1 amide bonds. The van der Waals surface area contributed by atoms with Gasteiger partial charge in [-0.25, -0.2) is 5.10 Å². The average Bonchev–Trinajstić information content (AvgIpc) is 2.93. The number of carbonyl (C=O) groups is 1. The number of piperazine rings is 1. The Labute approximate surface area is 255 Å². The molecule has 1 saturated heterocycles. The van der Waals surface area contributed by atoms with Gasteiger partial charge in [0.25, 0.3) is 11.5 Å². The minimum atomic E-state index is -0.363. The average molecular weight is 753 g/mol. The van der Waals surface area contributed by atoms with Crippen LogP contribution < -0.4 is 15.8 Å². The normalized spacial score (nSPS) is 13.8. The molecule has 2 N–H and O–H groups in total. The van der Waals surface area contributed by atoms with E-state index in [0.717, 1.165) is 62.5 Å². The summed E-state index contributed by atoms with van der Waals surface area (Å²) in [6.45, 7) is 16.1. The smallest absolute Gasteiger partial charge is 0.367 e. The Kier molecular flexibility index (Phi) is 11.8. The van der Waals surface area contributed by atoms with Crippen LogP contribution in [0.15, 0.2) is 53.3 Å². The van der Waals surface area contributed by atoms with Crippen LogP contribution in [0.5, 0.6) is 0 Å². The first kappa shape index (κ1) is 31.1. The van der Waals surface area contributed by atoms with Crippen LogP contribution in [0.25, 0.3) is 11.1 Å². The van der Waals surface area contributed by atoms with Gasteiger partial charge in [0.15, 0.2) is 0 Å². The topological polar surface area (TPSA) is 84.6 Å². The van der Waals surface area contributed by atoms with E-state index < -0.39 is 0 Å². The zero-order chi connectivity index (χ0) is 27.1. The Hall–Kier alpha value is -2.44. The van der Waals surface area contributed by atoms with E-state index in [-0.39, 0.29) is 48.3 Å². The van der Waals surface area contributed by atoms with E-state index in [1.165, 1.54) is 28.8 Å². The summed E-state index contributed by atoms with van der Waals surface area (Å²) in [6.07, 6.45) is 2.00. The van der Waals surface area contributed by atoms with Crippen molar-refractivity contribution < 1.29 is 35.9 Å². The minimum Gasteiger partial charge on any atom is -0.367 e. The molecule has 9 heteroatoms. The van der Waals surface area contributed by atoms with Gasteiger partial charge in [-0.05, 0) is 60.0 Å². The van der Waals surface area contributed by atoms with Crippen molar-refractivity contribution >= 4 is 17.3 Å². The van der Waals surface area contributed by atoms with Crippen molar-refractivity contribution in [2.75, 3.05) is 56.5 Å². The van der Waals surface area contributed by atoms with Crippen molar-refractivity contribution in [3.05, 3.63) is 89.6 Å². The molecule has 2 aromatic carbocycles. The predicted octanol–water partition coefficient (Wildman–Crippen LogP) is 3.86. The van der Waals surface area contributed by atoms with Gasteiger partial charge in [0.1, 0.15) is 5.69 Å². The van der Waals surface area contributed by atoms with E-state index in [1.807, 2.05) is 0 Å². The van der Waals surface area contributed by atoms with Gasteiger partial charge in [-0.1, -0.05) is 31.5 Å². The van der Waals surface area contributed by atoms with Crippen molar-refractivity contribution in [3.63, 3.8) is 0 Å². The van der Waals surface area contributed by atoms with Crippen LogP contribution in [0, 0.1) is 45.0 Å². The number of nitrogens with one attached hydrogen (secondary N) is 2. The maximum absolute atomic E-state index is 13.1. The summed E-state index contributed by atoms with van der Waals surface area (Å²) in [7, 11) is 2.12. The third-order valence-corrected chi connectivity index (χ3v) is 7.04. The third-order valence-electron chi connectivity index (χ3n) is 7.04. The number of nitrogens with zero attached hydrogens (tertiary/aromatic N) is 4. The Bertz CT molecular complexity index is 1280. The van der Waals surface area contributed by atoms with E-state index in [1.54, 1.807) is 0 Å². The second-order valence-corrected chi connectivity index (χ2v) is 9.80. The van der Waals surface area contributed by atoms with Crippen molar-refractivity contribution in [2.24, 2.45) is 0 Å². The summed E-state index contributed by atoms with van der Waals surface area (Å²) < 4.78 is 0. The van der Waals surface area contributed by atoms with Gasteiger partial charge in [0.2, 0.25) is 0 Å². The first-order valence-electron chi connectivity index (χ1n) is 13.3. The number of aryl methyl sites for hydroxylation is 1. The fraction of sp³-hybridized carbons (Fsp3) is 0.367. The fourth-order valence-electron chi connectivity index (χ4n) is 4.79. The number of rotatable bonds is 10. The number of aromatic nitrogens is 2. The molecule has 1 aromatic heterocycles. The fourth-order valence-corrected chi connectivity index (χ4v) is 4.79. The van der Waals surface area contributed by atoms with E-state index in [2.05, 4.69) is 94.4 Å². The number of hydrogen-bond acceptors (Lipinski definition) is 6. The molecule has 0 aliphatic carbocycles. The van der Waals surface area contributed by atoms with Crippen molar-refractivity contribution in [1.29, 1.82) is 0 Å². The number of anilines is 2. The van der Waals surface area contributed by atoms with Crippen LogP contribution in [0.4, 0.5) is 11.4 Å². The van der Waals surface area contributed by atoms with Crippen molar-refractivity contribution in [3.8, 4) is 11.1 Å². The summed E-state index contributed by atoms with van der Waals surface area (Å²) in [5, 5.41) is 9.34. The summed E-state index contributed by atoms with van der Waals surface area (Å²) >= 11 is 0. The predicted molar refractivity (Wildman–Crippen MR) is 154 cm³/mol. The number of H-pyrrole nitrogens is 1. The number of aromatic amines is 1. The van der Waals surface area contributed by atoms with Crippen LogP contribution in [0.1, 0.15) is 35.0 Å². The molecule has 1 aliphatic heterocycles. The molecule has 2 heterocycles. The van der Waals surface area contributed by atoms with Gasteiger partial charge in [0.05, 0.1) is 11.4 Å². The quantitative estimate of drug-likeness (QED) is 0.307. The van der Waals surface area contributed by atoms with E-state index >= 15 is 0 Å². The maximum Gasteiger partial charge on any atom is 2.00 e. The summed E-state index contributed by atoms with van der Waals surface area (Å²) in [5.41, 5.74) is 6.23. The molecule has 3 aromatic rings. The molecule has 0 unspecified atom stereocenters. The van der Waals surface area contributed by atoms with E-state index in [4.69, 9.17) is 0 Å². The summed E-state index contributed by atoms with van der Waals surface area (Å²) in [6, 6.07) is 15.7. The summed E-state index contributed by atoms with van der Waals surface area (Å²) in [5.74, 6) is -0.363. The number of benzene rings is 2. The Morgan fingerprint density at radius 2 is 1.79 bits per heavy atom. The van der Waals surface area contributed by atoms with Crippen molar-refractivity contribution in [2.45, 2.75) is 26.3 Å². The Balaban J connectivity index is 0.00000420. The van der Waals surface area contributed by atoms with Gasteiger partial charge in [-0.2, -0.15) is 5.10 Å². The largest absolute Gasteiger partial charge is 2.00 e. The monoisotopic (exact) mass is 752 g/mol. The maximum atomic E-state index is 13.1. The molecular formula is C30H38N6O2U. The third kappa shape index (κ3) is 8.05. The number of hydrogen-bond donors (Lipinski definition) is 2. The standard InChI is InChI=1S/C30H38N6O2.U/c1-5-8-23-10-9-22(21-35(6-2)7-3)19-25(23)24-11-13-28(36-17-15-34(4)16-18-36)27(20-24)31-30(38)26-12-14-29(37)33-32-26;/h9-14,19-20H,2-3,5-8,15-18,21H2,1,4H3,(H,31,38)(H,33,37);/q-2;+2. The molecule has 8 nitrogen and oxygen atoms in total. The van der Waals surface area contributed by atoms with Crippen LogP contribution >= 0.6 is 0 Å². The molecular weight excluding hydrogens is 714 g/mol. The number of likely N-dealkylation sites (N-methyl/N-ethyl adjacent to an activating group) is 1. The zero-order valence-electron chi connectivity index (χ0n) is 23.0. The zero-order valence-corrected chi connectivity index (χ0v) is 27.2. The number of amides is 1. The van der Waals surface area contributed by atoms with Gasteiger partial charge in [-0.3, -0.25) is 9.59 Å². The molecule has 1 aliphatic rings. The van der Waals surface area contributed by atoms with E-state index in [9.17, 15) is 9.59 Å². The van der Waals surface area contributed by atoms with Crippen LogP contribution in [-0.4, -0.2) is 72.2 Å². The Morgan fingerprint density at radius 1 is 1.05 bits per heavy atom. The first-order valence-corrected chi connectivity index (χ1v) is 13.3. The van der Waals surface area contributed by atoms with Gasteiger partial charge in [-0.15, -0.1) is 13.1 Å². The molecule has 0 spiro atoms. The van der Waals surface area contributed by atoms with Crippen molar-refractivity contribution in [1.82, 2.24) is 20.0 Å². The summed E-state index contributed by atoms with van der Waals surface area (Å²) in [4.78, 5) is 31.4. The van der Waals surface area contributed by atoms with Crippen LogP contribution in [0.3, 0.4) is 0 Å². The first-order chi connectivity index (χ1) is 18.4.